The molecule has 0 spiro atoms. The molecule has 1 saturated carbocycles. The van der Waals surface area contributed by atoms with E-state index in [9.17, 15) is 0 Å². The second kappa shape index (κ2) is 5.74. The van der Waals surface area contributed by atoms with E-state index in [1.807, 2.05) is 11.7 Å². The zero-order valence-electron chi connectivity index (χ0n) is 12.0. The Hall–Kier alpha value is -1.03. The van der Waals surface area contributed by atoms with Gasteiger partial charge in [0.05, 0.1) is 11.3 Å². The molecule has 1 aliphatic rings. The quantitative estimate of drug-likeness (QED) is 0.874. The van der Waals surface area contributed by atoms with Crippen LogP contribution in [-0.4, -0.2) is 21.9 Å². The molecule has 0 aliphatic heterocycles. The van der Waals surface area contributed by atoms with Crippen LogP contribution in [0, 0.1) is 6.92 Å². The molecule has 0 radical (unpaired) electrons. The number of nitrogens with one attached hydrogen (secondary N) is 1. The molecule has 0 aromatic carbocycles. The fraction of sp³-hybridized carbons (Fsp3) is 0.786. The average Bonchev–Trinajstić information content (AvgIpc) is 2.87. The molecule has 0 bridgehead atoms. The number of aryl methyl sites for hydroxylation is 2. The zero-order chi connectivity index (χ0) is 13.1. The number of rotatable bonds is 5. The Balaban J connectivity index is 2.10. The van der Waals surface area contributed by atoms with Crippen LogP contribution in [0.25, 0.3) is 0 Å². The Morgan fingerprint density at radius 3 is 2.67 bits per heavy atom. The summed E-state index contributed by atoms with van der Waals surface area (Å²) in [6.07, 6.45) is 5.34. The molecule has 0 unspecified atom stereocenters. The second-order valence-electron chi connectivity index (χ2n) is 5.55. The lowest BCUT2D eigenvalue weighted by molar-refractivity contribution is 0.189. The first-order valence-corrected chi connectivity index (χ1v) is 7.00. The summed E-state index contributed by atoms with van der Waals surface area (Å²) in [5.41, 5.74) is 2.27. The first-order chi connectivity index (χ1) is 8.58. The van der Waals surface area contributed by atoms with Crippen molar-refractivity contribution in [2.45, 2.75) is 65.1 Å². The molecule has 1 aromatic rings. The molecule has 0 saturated heterocycles. The Labute approximate surface area is 110 Å². The van der Waals surface area contributed by atoms with Gasteiger partial charge in [0.25, 0.3) is 0 Å². The van der Waals surface area contributed by atoms with E-state index in [0.29, 0.717) is 12.1 Å². The Morgan fingerprint density at radius 2 is 2.06 bits per heavy atom. The van der Waals surface area contributed by atoms with E-state index in [2.05, 4.69) is 31.2 Å². The Morgan fingerprint density at radius 1 is 1.39 bits per heavy atom. The van der Waals surface area contributed by atoms with E-state index >= 15 is 0 Å². The molecule has 4 nitrogen and oxygen atoms in total. The molecule has 0 amide bonds. The van der Waals surface area contributed by atoms with E-state index < -0.39 is 0 Å². The van der Waals surface area contributed by atoms with Crippen molar-refractivity contribution in [3.63, 3.8) is 0 Å². The minimum Gasteiger partial charge on any atom is -0.474 e. The summed E-state index contributed by atoms with van der Waals surface area (Å²) in [5.74, 6) is 0.951. The number of nitrogens with zero attached hydrogens (tertiary/aromatic N) is 2. The molecule has 18 heavy (non-hydrogen) atoms. The first kappa shape index (κ1) is 13.4. The van der Waals surface area contributed by atoms with Crippen molar-refractivity contribution >= 4 is 0 Å². The van der Waals surface area contributed by atoms with Crippen LogP contribution in [-0.2, 0) is 13.6 Å². The molecule has 0 atom stereocenters. The number of hydrogen-bond acceptors (Lipinski definition) is 3. The second-order valence-corrected chi connectivity index (χ2v) is 5.55. The van der Waals surface area contributed by atoms with Gasteiger partial charge in [0.2, 0.25) is 5.88 Å². The highest BCUT2D eigenvalue weighted by atomic mass is 16.5. The number of ether oxygens (including phenoxy) is 1. The number of aromatic nitrogens is 2. The van der Waals surface area contributed by atoms with Crippen molar-refractivity contribution < 1.29 is 4.74 Å². The van der Waals surface area contributed by atoms with Crippen LogP contribution in [0.5, 0.6) is 5.88 Å². The number of hydrogen-bond donors (Lipinski definition) is 1. The fourth-order valence-corrected chi connectivity index (χ4v) is 2.50. The van der Waals surface area contributed by atoms with Gasteiger partial charge >= 0.3 is 0 Å². The summed E-state index contributed by atoms with van der Waals surface area (Å²) in [7, 11) is 1.97. The topological polar surface area (TPSA) is 39.1 Å². The van der Waals surface area contributed by atoms with Crippen LogP contribution < -0.4 is 10.1 Å². The average molecular weight is 251 g/mol. The maximum Gasteiger partial charge on any atom is 0.216 e. The lowest BCUT2D eigenvalue weighted by Crippen LogP contribution is -2.23. The minimum absolute atomic E-state index is 0.387. The standard InChI is InChI=1S/C14H25N3O/c1-10(2)15-9-13-11(3)16-17(4)14(13)18-12-7-5-6-8-12/h10,12,15H,5-9H2,1-4H3. The van der Waals surface area contributed by atoms with Crippen LogP contribution in [0.3, 0.4) is 0 Å². The Bertz CT molecular complexity index is 392. The van der Waals surface area contributed by atoms with E-state index in [1.54, 1.807) is 0 Å². The zero-order valence-corrected chi connectivity index (χ0v) is 12.0. The highest BCUT2D eigenvalue weighted by Gasteiger charge is 2.21. The lowest BCUT2D eigenvalue weighted by Gasteiger charge is -2.15. The van der Waals surface area contributed by atoms with Crippen LogP contribution >= 0.6 is 0 Å². The normalized spacial score (nSPS) is 16.7. The third-order valence-corrected chi connectivity index (χ3v) is 3.56. The molecule has 1 N–H and O–H groups in total. The van der Waals surface area contributed by atoms with Crippen molar-refractivity contribution in [1.82, 2.24) is 15.1 Å². The van der Waals surface area contributed by atoms with Gasteiger partial charge in [-0.05, 0) is 32.6 Å². The van der Waals surface area contributed by atoms with Gasteiger partial charge < -0.3 is 10.1 Å². The summed E-state index contributed by atoms with van der Waals surface area (Å²) in [6.45, 7) is 7.20. The molecule has 4 heteroatoms. The van der Waals surface area contributed by atoms with Crippen LogP contribution in [0.15, 0.2) is 0 Å². The van der Waals surface area contributed by atoms with Gasteiger partial charge in [-0.25, -0.2) is 4.68 Å². The Kier molecular flexibility index (Phi) is 4.27. The van der Waals surface area contributed by atoms with Gasteiger partial charge in [-0.15, -0.1) is 0 Å². The molecule has 1 fully saturated rings. The maximum atomic E-state index is 6.15. The SMILES string of the molecule is Cc1nn(C)c(OC2CCCC2)c1CNC(C)C. The first-order valence-electron chi connectivity index (χ1n) is 7.00. The van der Waals surface area contributed by atoms with Gasteiger partial charge in [-0.1, -0.05) is 13.8 Å². The largest absolute Gasteiger partial charge is 0.474 e. The summed E-state index contributed by atoms with van der Waals surface area (Å²) in [6, 6.07) is 0.476. The third kappa shape index (κ3) is 3.05. The third-order valence-electron chi connectivity index (χ3n) is 3.56. The minimum atomic E-state index is 0.387. The molecular weight excluding hydrogens is 226 g/mol. The van der Waals surface area contributed by atoms with Gasteiger partial charge in [-0.2, -0.15) is 5.10 Å². The van der Waals surface area contributed by atoms with Gasteiger partial charge in [-0.3, -0.25) is 0 Å². The van der Waals surface area contributed by atoms with E-state index in [-0.39, 0.29) is 0 Å². The molecule has 102 valence electrons. The smallest absolute Gasteiger partial charge is 0.216 e. The van der Waals surface area contributed by atoms with Crippen molar-refractivity contribution in [3.05, 3.63) is 11.3 Å². The van der Waals surface area contributed by atoms with E-state index in [4.69, 9.17) is 4.74 Å². The van der Waals surface area contributed by atoms with Crippen molar-refractivity contribution in [1.29, 1.82) is 0 Å². The van der Waals surface area contributed by atoms with Crippen molar-refractivity contribution in [2.75, 3.05) is 0 Å². The van der Waals surface area contributed by atoms with Crippen LogP contribution in [0.4, 0.5) is 0 Å². The summed E-state index contributed by atoms with van der Waals surface area (Å²) >= 11 is 0. The molecule has 1 aromatic heterocycles. The van der Waals surface area contributed by atoms with Gasteiger partial charge in [0.15, 0.2) is 0 Å². The summed E-state index contributed by atoms with van der Waals surface area (Å²) in [5, 5.41) is 7.93. The fourth-order valence-electron chi connectivity index (χ4n) is 2.50. The lowest BCUT2D eigenvalue weighted by atomic mass is 10.2. The predicted octanol–water partition coefficient (Wildman–Crippen LogP) is 2.55. The summed E-state index contributed by atoms with van der Waals surface area (Å²) < 4.78 is 8.03. The van der Waals surface area contributed by atoms with Gasteiger partial charge in [0.1, 0.15) is 6.10 Å². The molecular formula is C14H25N3O. The van der Waals surface area contributed by atoms with Gasteiger partial charge in [0, 0.05) is 19.6 Å². The predicted molar refractivity (Wildman–Crippen MR) is 72.8 cm³/mol. The van der Waals surface area contributed by atoms with Crippen molar-refractivity contribution in [2.24, 2.45) is 7.05 Å². The van der Waals surface area contributed by atoms with Crippen LogP contribution in [0.1, 0.15) is 50.8 Å². The highest BCUT2D eigenvalue weighted by Crippen LogP contribution is 2.28. The van der Waals surface area contributed by atoms with Crippen molar-refractivity contribution in [3.8, 4) is 5.88 Å². The summed E-state index contributed by atoms with van der Waals surface area (Å²) in [4.78, 5) is 0. The van der Waals surface area contributed by atoms with E-state index in [1.165, 1.54) is 31.2 Å². The van der Waals surface area contributed by atoms with Crippen LogP contribution in [0.2, 0.25) is 0 Å². The molecule has 2 rings (SSSR count). The maximum absolute atomic E-state index is 6.15. The monoisotopic (exact) mass is 251 g/mol. The molecule has 1 aliphatic carbocycles. The highest BCUT2D eigenvalue weighted by molar-refractivity contribution is 5.31. The molecule has 1 heterocycles. The van der Waals surface area contributed by atoms with E-state index in [0.717, 1.165) is 18.1 Å².